The summed E-state index contributed by atoms with van der Waals surface area (Å²) in [6.07, 6.45) is 1.93. The zero-order valence-electron chi connectivity index (χ0n) is 11.0. The molecular weight excluding hydrogens is 266 g/mol. The molecule has 106 valence electrons. The molecule has 0 saturated heterocycles. The van der Waals surface area contributed by atoms with Crippen LogP contribution in [0.2, 0.25) is 5.02 Å². The van der Waals surface area contributed by atoms with Gasteiger partial charge in [-0.25, -0.2) is 0 Å². The summed E-state index contributed by atoms with van der Waals surface area (Å²) in [5, 5.41) is 9.52. The summed E-state index contributed by atoms with van der Waals surface area (Å²) in [5.74, 6) is -0.580. The number of nitrogen functional groups attached to an aromatic ring is 1. The summed E-state index contributed by atoms with van der Waals surface area (Å²) in [7, 11) is 0. The van der Waals surface area contributed by atoms with Crippen LogP contribution >= 0.6 is 11.6 Å². The van der Waals surface area contributed by atoms with E-state index in [1.807, 2.05) is 4.90 Å². The summed E-state index contributed by atoms with van der Waals surface area (Å²) in [6.45, 7) is 3.13. The van der Waals surface area contributed by atoms with Gasteiger partial charge in [-0.1, -0.05) is 24.9 Å². The Morgan fingerprint density at radius 2 is 2.11 bits per heavy atom. The minimum Gasteiger partial charge on any atom is -0.399 e. The van der Waals surface area contributed by atoms with Gasteiger partial charge in [-0.2, -0.15) is 0 Å². The molecular formula is C13H20ClN3O2. The number of nitrogens with zero attached hydrogens (tertiary/aromatic N) is 1. The lowest BCUT2D eigenvalue weighted by molar-refractivity contribution is 0.100. The quantitative estimate of drug-likeness (QED) is 0.664. The van der Waals surface area contributed by atoms with Crippen molar-refractivity contribution in [2.24, 2.45) is 5.73 Å². The Bertz CT molecular complexity index is 452. The Kier molecular flexibility index (Phi) is 5.92. The van der Waals surface area contributed by atoms with E-state index in [1.165, 1.54) is 6.07 Å². The van der Waals surface area contributed by atoms with Crippen LogP contribution in [-0.4, -0.2) is 30.7 Å². The molecule has 0 aromatic heterocycles. The molecule has 1 amide bonds. The van der Waals surface area contributed by atoms with Gasteiger partial charge in [-0.05, 0) is 18.6 Å². The van der Waals surface area contributed by atoms with E-state index in [0.717, 1.165) is 12.8 Å². The SMILES string of the molecule is CCCCN(CCO)c1c(Cl)cc(N)cc1C(N)=O. The maximum absolute atomic E-state index is 11.5. The number of unbranched alkanes of at least 4 members (excludes halogenated alkanes) is 1. The van der Waals surface area contributed by atoms with Crippen LogP contribution in [0.5, 0.6) is 0 Å². The van der Waals surface area contributed by atoms with Gasteiger partial charge in [-0.15, -0.1) is 0 Å². The molecule has 0 bridgehead atoms. The normalized spacial score (nSPS) is 10.5. The number of primary amides is 1. The van der Waals surface area contributed by atoms with Crippen LogP contribution in [0.15, 0.2) is 12.1 Å². The molecule has 0 aliphatic heterocycles. The van der Waals surface area contributed by atoms with Gasteiger partial charge in [0.2, 0.25) is 0 Å². The molecule has 5 N–H and O–H groups in total. The third-order valence-corrected chi connectivity index (χ3v) is 3.11. The van der Waals surface area contributed by atoms with E-state index in [0.29, 0.717) is 29.5 Å². The largest absolute Gasteiger partial charge is 0.399 e. The highest BCUT2D eigenvalue weighted by Crippen LogP contribution is 2.32. The number of hydrogen-bond donors (Lipinski definition) is 3. The summed E-state index contributed by atoms with van der Waals surface area (Å²) in [4.78, 5) is 13.4. The van der Waals surface area contributed by atoms with E-state index in [9.17, 15) is 4.79 Å². The van der Waals surface area contributed by atoms with E-state index in [1.54, 1.807) is 6.07 Å². The smallest absolute Gasteiger partial charge is 0.250 e. The van der Waals surface area contributed by atoms with Crippen LogP contribution in [-0.2, 0) is 0 Å². The molecule has 0 aliphatic rings. The molecule has 0 unspecified atom stereocenters. The van der Waals surface area contributed by atoms with Crippen LogP contribution in [0.25, 0.3) is 0 Å². The number of nitrogens with two attached hydrogens (primary N) is 2. The van der Waals surface area contributed by atoms with Crippen LogP contribution in [0.1, 0.15) is 30.1 Å². The summed E-state index contributed by atoms with van der Waals surface area (Å²) < 4.78 is 0. The van der Waals surface area contributed by atoms with Gasteiger partial charge in [-0.3, -0.25) is 4.79 Å². The van der Waals surface area contributed by atoms with E-state index < -0.39 is 5.91 Å². The number of carbonyl (C=O) groups excluding carboxylic acids is 1. The zero-order chi connectivity index (χ0) is 14.4. The predicted octanol–water partition coefficient (Wildman–Crippen LogP) is 1.62. The molecule has 0 saturated carbocycles. The molecule has 0 spiro atoms. The van der Waals surface area contributed by atoms with Crippen molar-refractivity contribution in [1.82, 2.24) is 0 Å². The molecule has 1 aromatic rings. The van der Waals surface area contributed by atoms with Gasteiger partial charge in [0.15, 0.2) is 0 Å². The summed E-state index contributed by atoms with van der Waals surface area (Å²) in [5.41, 5.74) is 12.3. The standard InChI is InChI=1S/C13H20ClN3O2/c1-2-3-4-17(5-6-18)12-10(13(16)19)7-9(15)8-11(12)14/h7-8,18H,2-6,15H2,1H3,(H2,16,19). The number of carbonyl (C=O) groups is 1. The highest BCUT2D eigenvalue weighted by molar-refractivity contribution is 6.34. The van der Waals surface area contributed by atoms with Crippen LogP contribution in [0.4, 0.5) is 11.4 Å². The Morgan fingerprint density at radius 1 is 1.42 bits per heavy atom. The van der Waals surface area contributed by atoms with Crippen molar-refractivity contribution in [2.75, 3.05) is 30.3 Å². The lowest BCUT2D eigenvalue weighted by Crippen LogP contribution is -2.30. The van der Waals surface area contributed by atoms with E-state index in [4.69, 9.17) is 28.2 Å². The fraction of sp³-hybridized carbons (Fsp3) is 0.462. The van der Waals surface area contributed by atoms with Crippen molar-refractivity contribution in [3.63, 3.8) is 0 Å². The highest BCUT2D eigenvalue weighted by Gasteiger charge is 2.18. The van der Waals surface area contributed by atoms with Crippen LogP contribution in [0.3, 0.4) is 0 Å². The summed E-state index contributed by atoms with van der Waals surface area (Å²) in [6, 6.07) is 3.10. The second kappa shape index (κ2) is 7.21. The second-order valence-corrected chi connectivity index (χ2v) is 4.73. The number of amides is 1. The van der Waals surface area contributed by atoms with Crippen molar-refractivity contribution in [3.05, 3.63) is 22.7 Å². The van der Waals surface area contributed by atoms with Crippen LogP contribution < -0.4 is 16.4 Å². The summed E-state index contributed by atoms with van der Waals surface area (Å²) >= 11 is 6.18. The fourth-order valence-corrected chi connectivity index (χ4v) is 2.28. The minimum absolute atomic E-state index is 0.0252. The Morgan fingerprint density at radius 3 is 2.63 bits per heavy atom. The predicted molar refractivity (Wildman–Crippen MR) is 78.6 cm³/mol. The topological polar surface area (TPSA) is 92.6 Å². The monoisotopic (exact) mass is 285 g/mol. The molecule has 6 heteroatoms. The van der Waals surface area contributed by atoms with Gasteiger partial charge in [0, 0.05) is 18.8 Å². The number of aliphatic hydroxyl groups is 1. The van der Waals surface area contributed by atoms with Gasteiger partial charge >= 0.3 is 0 Å². The molecule has 1 aromatic carbocycles. The van der Waals surface area contributed by atoms with Crippen LogP contribution in [0, 0.1) is 0 Å². The number of halogens is 1. The zero-order valence-corrected chi connectivity index (χ0v) is 11.8. The maximum atomic E-state index is 11.5. The first-order valence-electron chi connectivity index (χ1n) is 6.25. The minimum atomic E-state index is -0.580. The number of hydrogen-bond acceptors (Lipinski definition) is 4. The van der Waals surface area contributed by atoms with Crippen molar-refractivity contribution in [2.45, 2.75) is 19.8 Å². The Hall–Kier alpha value is -1.46. The Balaban J connectivity index is 3.23. The van der Waals surface area contributed by atoms with E-state index in [-0.39, 0.29) is 12.2 Å². The van der Waals surface area contributed by atoms with E-state index >= 15 is 0 Å². The molecule has 0 aliphatic carbocycles. The molecule has 0 fully saturated rings. The second-order valence-electron chi connectivity index (χ2n) is 4.33. The molecule has 0 atom stereocenters. The Labute approximate surface area is 118 Å². The average Bonchev–Trinajstić information content (AvgIpc) is 2.34. The molecule has 0 heterocycles. The average molecular weight is 286 g/mol. The van der Waals surface area contributed by atoms with E-state index in [2.05, 4.69) is 6.92 Å². The third-order valence-electron chi connectivity index (χ3n) is 2.82. The van der Waals surface area contributed by atoms with Crippen molar-refractivity contribution in [1.29, 1.82) is 0 Å². The van der Waals surface area contributed by atoms with Gasteiger partial charge in [0.25, 0.3) is 5.91 Å². The van der Waals surface area contributed by atoms with Gasteiger partial charge in [0.05, 0.1) is 22.9 Å². The maximum Gasteiger partial charge on any atom is 0.250 e. The molecule has 0 radical (unpaired) electrons. The number of aliphatic hydroxyl groups excluding tert-OH is 1. The molecule has 19 heavy (non-hydrogen) atoms. The first kappa shape index (κ1) is 15.6. The fourth-order valence-electron chi connectivity index (χ4n) is 1.93. The lowest BCUT2D eigenvalue weighted by atomic mass is 10.1. The first-order chi connectivity index (χ1) is 9.01. The molecule has 1 rings (SSSR count). The highest BCUT2D eigenvalue weighted by atomic mass is 35.5. The van der Waals surface area contributed by atoms with Gasteiger partial charge in [0.1, 0.15) is 0 Å². The van der Waals surface area contributed by atoms with Crippen molar-refractivity contribution in [3.8, 4) is 0 Å². The first-order valence-corrected chi connectivity index (χ1v) is 6.63. The lowest BCUT2D eigenvalue weighted by Gasteiger charge is -2.27. The van der Waals surface area contributed by atoms with Gasteiger partial charge < -0.3 is 21.5 Å². The number of rotatable bonds is 7. The number of benzene rings is 1. The van der Waals surface area contributed by atoms with Crippen molar-refractivity contribution >= 4 is 28.9 Å². The van der Waals surface area contributed by atoms with Crippen molar-refractivity contribution < 1.29 is 9.90 Å². The third kappa shape index (κ3) is 4.01. The molecule has 5 nitrogen and oxygen atoms in total. The number of anilines is 2.